The number of carbonyl (C=O) groups excluding carboxylic acids is 5. The molecule has 2 atom stereocenters. The largest absolute Gasteiger partial charge is 0.464 e. The van der Waals surface area contributed by atoms with Crippen molar-refractivity contribution in [3.8, 4) is 0 Å². The first-order chi connectivity index (χ1) is 17.5. The number of ether oxygens (including phenoxy) is 3. The summed E-state index contributed by atoms with van der Waals surface area (Å²) in [5, 5.41) is 7.64. The summed E-state index contributed by atoms with van der Waals surface area (Å²) in [6, 6.07) is -2.01. The molecule has 12 nitrogen and oxygen atoms in total. The molecule has 0 radical (unpaired) electrons. The van der Waals surface area contributed by atoms with Crippen LogP contribution in [0.25, 0.3) is 0 Å². The predicted octanol–water partition coefficient (Wildman–Crippen LogP) is 2.07. The molecule has 0 aromatic carbocycles. The second-order valence-electron chi connectivity index (χ2n) is 11.0. The fraction of sp³-hybridized carbons (Fsp3) is 0.808. The third-order valence-corrected chi connectivity index (χ3v) is 4.80. The molecule has 220 valence electrons. The highest BCUT2D eigenvalue weighted by Gasteiger charge is 2.26. The van der Waals surface area contributed by atoms with E-state index in [2.05, 4.69) is 16.0 Å². The van der Waals surface area contributed by atoms with Gasteiger partial charge < -0.3 is 35.9 Å². The van der Waals surface area contributed by atoms with E-state index in [1.807, 2.05) is 6.92 Å². The van der Waals surface area contributed by atoms with Crippen molar-refractivity contribution in [2.75, 3.05) is 19.7 Å². The molecule has 38 heavy (non-hydrogen) atoms. The SMILES string of the molecule is CCCCOC(=O)CNC(=O)C(CCC(=O)OC(C)(C)C)NC(=O)C(N)CCCCNC(=O)OC(C)(C)C. The van der Waals surface area contributed by atoms with E-state index in [-0.39, 0.29) is 26.0 Å². The van der Waals surface area contributed by atoms with Crippen molar-refractivity contribution < 1.29 is 38.2 Å². The average molecular weight is 545 g/mol. The predicted molar refractivity (Wildman–Crippen MR) is 142 cm³/mol. The Morgan fingerprint density at radius 3 is 2.00 bits per heavy atom. The minimum Gasteiger partial charge on any atom is -0.464 e. The van der Waals surface area contributed by atoms with Crippen LogP contribution in [0.5, 0.6) is 0 Å². The molecule has 0 spiro atoms. The Labute approximate surface area is 226 Å². The number of carbonyl (C=O) groups is 5. The number of alkyl carbamates (subject to hydrolysis) is 1. The van der Waals surface area contributed by atoms with Gasteiger partial charge in [0.15, 0.2) is 0 Å². The van der Waals surface area contributed by atoms with Crippen LogP contribution in [-0.4, -0.2) is 72.8 Å². The molecule has 0 rings (SSSR count). The van der Waals surface area contributed by atoms with Crippen molar-refractivity contribution in [1.82, 2.24) is 16.0 Å². The number of amides is 3. The second kappa shape index (κ2) is 17.6. The number of hydrogen-bond donors (Lipinski definition) is 4. The van der Waals surface area contributed by atoms with Crippen molar-refractivity contribution in [3.63, 3.8) is 0 Å². The fourth-order valence-corrected chi connectivity index (χ4v) is 2.99. The van der Waals surface area contributed by atoms with Crippen LogP contribution in [0.1, 0.15) is 93.4 Å². The van der Waals surface area contributed by atoms with E-state index in [0.717, 1.165) is 6.42 Å². The maximum atomic E-state index is 12.7. The monoisotopic (exact) mass is 544 g/mol. The number of rotatable bonds is 16. The molecule has 0 fully saturated rings. The summed E-state index contributed by atoms with van der Waals surface area (Å²) in [7, 11) is 0. The standard InChI is InChI=1S/C26H48N4O8/c1-8-9-16-36-21(32)17-29-23(34)19(13-14-20(31)37-25(2,3)4)30-22(33)18(27)12-10-11-15-28-24(35)38-26(5,6)7/h18-19H,8-17,27H2,1-7H3,(H,28,35)(H,29,34)(H,30,33). The number of nitrogens with one attached hydrogen (secondary N) is 3. The van der Waals surface area contributed by atoms with Crippen LogP contribution in [0.2, 0.25) is 0 Å². The molecule has 0 saturated heterocycles. The number of nitrogens with two attached hydrogens (primary N) is 1. The Hall–Kier alpha value is -2.89. The molecule has 12 heteroatoms. The van der Waals surface area contributed by atoms with E-state index in [4.69, 9.17) is 19.9 Å². The number of hydrogen-bond acceptors (Lipinski definition) is 9. The van der Waals surface area contributed by atoms with E-state index >= 15 is 0 Å². The maximum Gasteiger partial charge on any atom is 0.407 e. The Bertz CT molecular complexity index is 774. The van der Waals surface area contributed by atoms with Crippen LogP contribution in [0.15, 0.2) is 0 Å². The molecule has 3 amide bonds. The van der Waals surface area contributed by atoms with Crippen molar-refractivity contribution in [3.05, 3.63) is 0 Å². The molecular formula is C26H48N4O8. The van der Waals surface area contributed by atoms with Gasteiger partial charge in [-0.25, -0.2) is 4.79 Å². The second-order valence-corrected chi connectivity index (χ2v) is 11.0. The third kappa shape index (κ3) is 19.3. The molecule has 5 N–H and O–H groups in total. The van der Waals surface area contributed by atoms with E-state index in [9.17, 15) is 24.0 Å². The Kier molecular flexibility index (Phi) is 16.3. The van der Waals surface area contributed by atoms with Crippen molar-refractivity contribution in [2.24, 2.45) is 5.73 Å². The molecule has 0 aliphatic heterocycles. The molecule has 0 bridgehead atoms. The van der Waals surface area contributed by atoms with Crippen LogP contribution in [-0.2, 0) is 33.4 Å². The Morgan fingerprint density at radius 1 is 0.789 bits per heavy atom. The zero-order valence-corrected chi connectivity index (χ0v) is 24.1. The molecule has 0 aliphatic carbocycles. The first-order valence-electron chi connectivity index (χ1n) is 13.2. The van der Waals surface area contributed by atoms with Gasteiger partial charge in [0.05, 0.1) is 12.6 Å². The van der Waals surface area contributed by atoms with E-state index < -0.39 is 53.1 Å². The van der Waals surface area contributed by atoms with Gasteiger partial charge in [-0.2, -0.15) is 0 Å². The molecule has 0 aromatic heterocycles. The first-order valence-corrected chi connectivity index (χ1v) is 13.2. The summed E-state index contributed by atoms with van der Waals surface area (Å²) < 4.78 is 15.4. The lowest BCUT2D eigenvalue weighted by atomic mass is 10.1. The van der Waals surface area contributed by atoms with Gasteiger partial charge in [-0.05, 0) is 73.6 Å². The minimum atomic E-state index is -1.10. The molecule has 0 aromatic rings. The van der Waals surface area contributed by atoms with E-state index in [1.165, 1.54) is 0 Å². The lowest BCUT2D eigenvalue weighted by Gasteiger charge is -2.22. The van der Waals surface area contributed by atoms with Gasteiger partial charge in [0.25, 0.3) is 0 Å². The van der Waals surface area contributed by atoms with Gasteiger partial charge in [0, 0.05) is 13.0 Å². The number of esters is 2. The average Bonchev–Trinajstić information content (AvgIpc) is 2.77. The summed E-state index contributed by atoms with van der Waals surface area (Å²) >= 11 is 0. The summed E-state index contributed by atoms with van der Waals surface area (Å²) in [4.78, 5) is 61.0. The topological polar surface area (TPSA) is 175 Å². The Morgan fingerprint density at radius 2 is 1.42 bits per heavy atom. The fourth-order valence-electron chi connectivity index (χ4n) is 2.99. The summed E-state index contributed by atoms with van der Waals surface area (Å²) in [5.74, 6) is -2.32. The number of unbranched alkanes of at least 4 members (excludes halogenated alkanes) is 2. The smallest absolute Gasteiger partial charge is 0.407 e. The van der Waals surface area contributed by atoms with Crippen molar-refractivity contribution in [1.29, 1.82) is 0 Å². The molecule has 0 aliphatic rings. The minimum absolute atomic E-state index is 0.0378. The zero-order valence-electron chi connectivity index (χ0n) is 24.1. The van der Waals surface area contributed by atoms with Gasteiger partial charge in [0.2, 0.25) is 11.8 Å². The Balaban J connectivity index is 4.81. The molecule has 2 unspecified atom stereocenters. The van der Waals surface area contributed by atoms with Gasteiger partial charge in [-0.3, -0.25) is 19.2 Å². The van der Waals surface area contributed by atoms with Crippen LogP contribution in [0.3, 0.4) is 0 Å². The summed E-state index contributed by atoms with van der Waals surface area (Å²) in [5.41, 5.74) is 4.71. The van der Waals surface area contributed by atoms with Crippen molar-refractivity contribution >= 4 is 29.8 Å². The lowest BCUT2D eigenvalue weighted by Crippen LogP contribution is -2.52. The maximum absolute atomic E-state index is 12.7. The van der Waals surface area contributed by atoms with Crippen LogP contribution in [0.4, 0.5) is 4.79 Å². The first kappa shape index (κ1) is 35.1. The quantitative estimate of drug-likeness (QED) is 0.129. The van der Waals surface area contributed by atoms with Gasteiger partial charge in [-0.15, -0.1) is 0 Å². The van der Waals surface area contributed by atoms with E-state index in [1.54, 1.807) is 41.5 Å². The molecular weight excluding hydrogens is 496 g/mol. The summed E-state index contributed by atoms with van der Waals surface area (Å²) in [6.07, 6.45) is 2.32. The van der Waals surface area contributed by atoms with Crippen molar-refractivity contribution in [2.45, 2.75) is 117 Å². The lowest BCUT2D eigenvalue weighted by molar-refractivity contribution is -0.155. The summed E-state index contributed by atoms with van der Waals surface area (Å²) in [6.45, 7) is 12.7. The molecule has 0 saturated carbocycles. The van der Waals surface area contributed by atoms with Crippen LogP contribution < -0.4 is 21.7 Å². The van der Waals surface area contributed by atoms with E-state index in [0.29, 0.717) is 32.2 Å². The van der Waals surface area contributed by atoms with Gasteiger partial charge in [0.1, 0.15) is 23.8 Å². The van der Waals surface area contributed by atoms with Crippen LogP contribution in [0, 0.1) is 0 Å². The normalized spacial score (nSPS) is 13.1. The van der Waals surface area contributed by atoms with Gasteiger partial charge >= 0.3 is 18.0 Å². The highest BCUT2D eigenvalue weighted by atomic mass is 16.6. The van der Waals surface area contributed by atoms with Crippen LogP contribution >= 0.6 is 0 Å². The third-order valence-electron chi connectivity index (χ3n) is 4.80. The highest BCUT2D eigenvalue weighted by molar-refractivity contribution is 5.91. The zero-order chi connectivity index (χ0) is 29.4. The molecule has 0 heterocycles. The highest BCUT2D eigenvalue weighted by Crippen LogP contribution is 2.11. The van der Waals surface area contributed by atoms with Gasteiger partial charge in [-0.1, -0.05) is 13.3 Å².